The molecule has 1 aromatic carbocycles. The summed E-state index contributed by atoms with van der Waals surface area (Å²) in [5, 5.41) is 0. The quantitative estimate of drug-likeness (QED) is 0.861. The molecule has 0 aliphatic heterocycles. The molecule has 0 saturated carbocycles. The van der Waals surface area contributed by atoms with Crippen LogP contribution in [-0.2, 0) is 4.74 Å². The Labute approximate surface area is 116 Å². The summed E-state index contributed by atoms with van der Waals surface area (Å²) in [4.78, 5) is 15.7. The van der Waals surface area contributed by atoms with Gasteiger partial charge < -0.3 is 19.9 Å². The summed E-state index contributed by atoms with van der Waals surface area (Å²) in [6.07, 6.45) is 1.40. The van der Waals surface area contributed by atoms with Crippen LogP contribution >= 0.6 is 0 Å². The lowest BCUT2D eigenvalue weighted by atomic mass is 10.2. The van der Waals surface area contributed by atoms with Crippen LogP contribution in [0.3, 0.4) is 0 Å². The number of esters is 1. The molecule has 2 rings (SSSR count). The van der Waals surface area contributed by atoms with Crippen molar-refractivity contribution < 1.29 is 19.0 Å². The lowest BCUT2D eigenvalue weighted by Gasteiger charge is -2.10. The van der Waals surface area contributed by atoms with Gasteiger partial charge in [-0.25, -0.2) is 9.78 Å². The molecule has 0 saturated heterocycles. The van der Waals surface area contributed by atoms with Crippen LogP contribution < -0.4 is 15.2 Å². The summed E-state index contributed by atoms with van der Waals surface area (Å²) in [5.74, 6) is 0.686. The first-order valence-electron chi connectivity index (χ1n) is 5.79. The van der Waals surface area contributed by atoms with Crippen LogP contribution in [0.15, 0.2) is 36.5 Å². The van der Waals surface area contributed by atoms with Gasteiger partial charge in [-0.1, -0.05) is 6.07 Å². The lowest BCUT2D eigenvalue weighted by molar-refractivity contribution is 0.0597. The van der Waals surface area contributed by atoms with Gasteiger partial charge in [0.2, 0.25) is 5.88 Å². The van der Waals surface area contributed by atoms with Gasteiger partial charge >= 0.3 is 5.97 Å². The number of nitrogens with two attached hydrogens (primary N) is 1. The van der Waals surface area contributed by atoms with Crippen LogP contribution in [0.1, 0.15) is 10.4 Å². The minimum atomic E-state index is -0.567. The molecule has 6 heteroatoms. The number of nitrogen functional groups attached to an aromatic ring is 1. The summed E-state index contributed by atoms with van der Waals surface area (Å²) in [5.41, 5.74) is 6.13. The average molecular weight is 274 g/mol. The Balaban J connectivity index is 2.35. The maximum Gasteiger partial charge on any atom is 0.343 e. The number of methoxy groups -OCH3 is 2. The monoisotopic (exact) mass is 274 g/mol. The zero-order chi connectivity index (χ0) is 14.5. The second-order valence-electron chi connectivity index (χ2n) is 3.89. The highest BCUT2D eigenvalue weighted by Crippen LogP contribution is 2.27. The zero-order valence-electron chi connectivity index (χ0n) is 11.1. The van der Waals surface area contributed by atoms with Gasteiger partial charge in [-0.3, -0.25) is 0 Å². The molecule has 0 aliphatic carbocycles. The molecule has 2 aromatic rings. The number of carbonyl (C=O) groups excluding carboxylic acids is 1. The average Bonchev–Trinajstić information content (AvgIpc) is 2.48. The van der Waals surface area contributed by atoms with Crippen molar-refractivity contribution in [2.24, 2.45) is 0 Å². The highest BCUT2D eigenvalue weighted by molar-refractivity contribution is 5.92. The Kier molecular flexibility index (Phi) is 4.05. The largest absolute Gasteiger partial charge is 0.497 e. The van der Waals surface area contributed by atoms with E-state index in [1.807, 2.05) is 0 Å². The Morgan fingerprint density at radius 3 is 2.65 bits per heavy atom. The van der Waals surface area contributed by atoms with E-state index in [1.165, 1.54) is 19.4 Å². The normalized spacial score (nSPS) is 9.90. The third-order valence-corrected chi connectivity index (χ3v) is 2.53. The summed E-state index contributed by atoms with van der Waals surface area (Å²) in [6, 6.07) is 8.41. The van der Waals surface area contributed by atoms with E-state index in [2.05, 4.69) is 9.72 Å². The number of hydrogen-bond acceptors (Lipinski definition) is 6. The number of hydrogen-bond donors (Lipinski definition) is 1. The predicted molar refractivity (Wildman–Crippen MR) is 73.1 cm³/mol. The topological polar surface area (TPSA) is 83.7 Å². The molecule has 0 amide bonds. The van der Waals surface area contributed by atoms with Gasteiger partial charge in [0.15, 0.2) is 0 Å². The minimum Gasteiger partial charge on any atom is -0.497 e. The third-order valence-electron chi connectivity index (χ3n) is 2.53. The first-order chi connectivity index (χ1) is 9.63. The van der Waals surface area contributed by atoms with Crippen LogP contribution in [0, 0.1) is 0 Å². The summed E-state index contributed by atoms with van der Waals surface area (Å²) in [7, 11) is 2.83. The number of carbonyl (C=O) groups is 1. The van der Waals surface area contributed by atoms with Crippen LogP contribution in [0.5, 0.6) is 17.4 Å². The molecule has 0 unspecified atom stereocenters. The Hall–Kier alpha value is -2.76. The molecule has 0 bridgehead atoms. The molecule has 20 heavy (non-hydrogen) atoms. The standard InChI is InChI=1S/C14H14N2O4/c1-18-10-4-3-5-11(7-10)20-13-12(14(17)19-2)6-9(15)8-16-13/h3-8H,15H2,1-2H3. The molecule has 0 fully saturated rings. The van der Waals surface area contributed by atoms with Crippen LogP contribution in [-0.4, -0.2) is 25.2 Å². The van der Waals surface area contributed by atoms with Gasteiger partial charge in [0.05, 0.1) is 26.1 Å². The van der Waals surface area contributed by atoms with Gasteiger partial charge in [-0.05, 0) is 18.2 Å². The smallest absolute Gasteiger partial charge is 0.343 e. The van der Waals surface area contributed by atoms with Crippen molar-refractivity contribution in [1.82, 2.24) is 4.98 Å². The van der Waals surface area contributed by atoms with E-state index in [0.717, 1.165) is 0 Å². The molecular formula is C14H14N2O4. The maximum atomic E-state index is 11.7. The zero-order valence-corrected chi connectivity index (χ0v) is 11.1. The Morgan fingerprint density at radius 2 is 1.95 bits per heavy atom. The minimum absolute atomic E-state index is 0.124. The first kappa shape index (κ1) is 13.7. The van der Waals surface area contributed by atoms with E-state index in [4.69, 9.17) is 15.2 Å². The van der Waals surface area contributed by atoms with Crippen LogP contribution in [0.25, 0.3) is 0 Å². The fourth-order valence-electron chi connectivity index (χ4n) is 1.58. The second-order valence-corrected chi connectivity index (χ2v) is 3.89. The number of nitrogens with zero attached hydrogens (tertiary/aromatic N) is 1. The van der Waals surface area contributed by atoms with E-state index in [9.17, 15) is 4.79 Å². The van der Waals surface area contributed by atoms with Crippen molar-refractivity contribution in [3.63, 3.8) is 0 Å². The number of ether oxygens (including phenoxy) is 3. The fourth-order valence-corrected chi connectivity index (χ4v) is 1.58. The number of pyridine rings is 1. The third kappa shape index (κ3) is 2.97. The molecule has 6 nitrogen and oxygen atoms in total. The molecule has 0 spiro atoms. The highest BCUT2D eigenvalue weighted by atomic mass is 16.5. The van der Waals surface area contributed by atoms with Gasteiger partial charge in [-0.15, -0.1) is 0 Å². The first-order valence-corrected chi connectivity index (χ1v) is 5.79. The summed E-state index contributed by atoms with van der Waals surface area (Å²) < 4.78 is 15.4. The van der Waals surface area contributed by atoms with E-state index in [1.54, 1.807) is 31.4 Å². The van der Waals surface area contributed by atoms with Crippen molar-refractivity contribution in [2.75, 3.05) is 20.0 Å². The van der Waals surface area contributed by atoms with Gasteiger partial charge in [0.1, 0.15) is 17.1 Å². The van der Waals surface area contributed by atoms with Gasteiger partial charge in [-0.2, -0.15) is 0 Å². The van der Waals surface area contributed by atoms with Crippen molar-refractivity contribution in [1.29, 1.82) is 0 Å². The summed E-state index contributed by atoms with van der Waals surface area (Å²) in [6.45, 7) is 0. The van der Waals surface area contributed by atoms with Crippen molar-refractivity contribution in [3.05, 3.63) is 42.1 Å². The van der Waals surface area contributed by atoms with Gasteiger partial charge in [0.25, 0.3) is 0 Å². The maximum absolute atomic E-state index is 11.7. The van der Waals surface area contributed by atoms with E-state index in [-0.39, 0.29) is 11.4 Å². The van der Waals surface area contributed by atoms with Crippen molar-refractivity contribution >= 4 is 11.7 Å². The molecule has 1 aromatic heterocycles. The SMILES string of the molecule is COC(=O)c1cc(N)cnc1Oc1cccc(OC)c1. The molecule has 0 aliphatic rings. The van der Waals surface area contributed by atoms with E-state index >= 15 is 0 Å². The fraction of sp³-hybridized carbons (Fsp3) is 0.143. The number of rotatable bonds is 4. The summed E-state index contributed by atoms with van der Waals surface area (Å²) >= 11 is 0. The van der Waals surface area contributed by atoms with Crippen molar-refractivity contribution in [2.45, 2.75) is 0 Å². The van der Waals surface area contributed by atoms with Crippen molar-refractivity contribution in [3.8, 4) is 17.4 Å². The predicted octanol–water partition coefficient (Wildman–Crippen LogP) is 2.25. The molecular weight excluding hydrogens is 260 g/mol. The second kappa shape index (κ2) is 5.92. The van der Waals surface area contributed by atoms with Crippen LogP contribution in [0.2, 0.25) is 0 Å². The molecule has 2 N–H and O–H groups in total. The van der Waals surface area contributed by atoms with Gasteiger partial charge in [0, 0.05) is 6.07 Å². The molecule has 1 heterocycles. The molecule has 0 radical (unpaired) electrons. The molecule has 0 atom stereocenters. The number of aromatic nitrogens is 1. The Bertz CT molecular complexity index is 628. The lowest BCUT2D eigenvalue weighted by Crippen LogP contribution is -2.06. The Morgan fingerprint density at radius 1 is 1.20 bits per heavy atom. The number of anilines is 1. The molecule has 104 valence electrons. The highest BCUT2D eigenvalue weighted by Gasteiger charge is 2.16. The van der Waals surface area contributed by atoms with E-state index in [0.29, 0.717) is 17.2 Å². The van der Waals surface area contributed by atoms with E-state index < -0.39 is 5.97 Å². The number of benzene rings is 1. The van der Waals surface area contributed by atoms with Crippen LogP contribution in [0.4, 0.5) is 5.69 Å².